The van der Waals surface area contributed by atoms with Crippen molar-refractivity contribution in [3.8, 4) is 6.07 Å². The third-order valence-corrected chi connectivity index (χ3v) is 4.06. The Kier molecular flexibility index (Phi) is 5.35. The Balaban J connectivity index is 1.71. The maximum atomic E-state index is 11.9. The summed E-state index contributed by atoms with van der Waals surface area (Å²) in [6.07, 6.45) is 2.69. The van der Waals surface area contributed by atoms with Crippen LogP contribution in [0.3, 0.4) is 0 Å². The van der Waals surface area contributed by atoms with E-state index >= 15 is 0 Å². The molecule has 0 saturated carbocycles. The van der Waals surface area contributed by atoms with E-state index in [0.717, 1.165) is 31.1 Å². The average molecular weight is 285 g/mol. The Labute approximate surface area is 126 Å². The predicted octanol–water partition coefficient (Wildman–Crippen LogP) is 3.01. The van der Waals surface area contributed by atoms with Gasteiger partial charge in [-0.1, -0.05) is 6.92 Å². The Morgan fingerprint density at radius 3 is 2.67 bits per heavy atom. The molecule has 112 valence electrons. The first-order chi connectivity index (χ1) is 10.1. The Bertz CT molecular complexity index is 518. The van der Waals surface area contributed by atoms with E-state index < -0.39 is 0 Å². The molecule has 1 aliphatic heterocycles. The monoisotopic (exact) mass is 285 g/mol. The molecular formula is C17H23N3O. The number of carbonyl (C=O) groups is 1. The molecule has 1 aromatic rings. The predicted molar refractivity (Wildman–Crippen MR) is 83.8 cm³/mol. The second-order valence-corrected chi connectivity index (χ2v) is 6.03. The van der Waals surface area contributed by atoms with Gasteiger partial charge in [-0.3, -0.25) is 4.79 Å². The van der Waals surface area contributed by atoms with Crippen LogP contribution >= 0.6 is 0 Å². The average Bonchev–Trinajstić information content (AvgIpc) is 2.78. The molecule has 4 nitrogen and oxygen atoms in total. The van der Waals surface area contributed by atoms with Crippen molar-refractivity contribution in [2.45, 2.75) is 39.2 Å². The minimum absolute atomic E-state index is 0.0413. The van der Waals surface area contributed by atoms with Gasteiger partial charge in [0, 0.05) is 24.7 Å². The van der Waals surface area contributed by atoms with Crippen LogP contribution in [0, 0.1) is 17.2 Å². The second-order valence-electron chi connectivity index (χ2n) is 6.03. The molecule has 21 heavy (non-hydrogen) atoms. The number of rotatable bonds is 5. The minimum Gasteiger partial charge on any atom is -0.326 e. The molecule has 1 amide bonds. The van der Waals surface area contributed by atoms with E-state index in [4.69, 9.17) is 5.26 Å². The highest BCUT2D eigenvalue weighted by atomic mass is 16.1. The molecule has 0 bridgehead atoms. The molecule has 1 fully saturated rings. The highest BCUT2D eigenvalue weighted by Crippen LogP contribution is 2.22. The summed E-state index contributed by atoms with van der Waals surface area (Å²) in [5, 5.41) is 11.6. The minimum atomic E-state index is 0.0413. The molecule has 0 aliphatic carbocycles. The SMILES string of the molecule is CC1CC(C)N(CCCC(=O)Nc2ccc(C#N)cc2)C1. The molecule has 1 aromatic carbocycles. The molecule has 1 aliphatic rings. The number of likely N-dealkylation sites (tertiary alicyclic amines) is 1. The zero-order valence-electron chi connectivity index (χ0n) is 12.8. The van der Waals surface area contributed by atoms with E-state index in [2.05, 4.69) is 30.1 Å². The number of nitriles is 1. The van der Waals surface area contributed by atoms with Crippen molar-refractivity contribution in [2.24, 2.45) is 5.92 Å². The summed E-state index contributed by atoms with van der Waals surface area (Å²) in [5.74, 6) is 0.812. The van der Waals surface area contributed by atoms with Crippen LogP contribution in [0.4, 0.5) is 5.69 Å². The van der Waals surface area contributed by atoms with Crippen molar-refractivity contribution in [3.05, 3.63) is 29.8 Å². The number of hydrogen-bond acceptors (Lipinski definition) is 3. The summed E-state index contributed by atoms with van der Waals surface area (Å²) >= 11 is 0. The second kappa shape index (κ2) is 7.24. The van der Waals surface area contributed by atoms with E-state index in [1.165, 1.54) is 6.42 Å². The first-order valence-electron chi connectivity index (χ1n) is 7.62. The maximum absolute atomic E-state index is 11.9. The van der Waals surface area contributed by atoms with Crippen LogP contribution in [0.5, 0.6) is 0 Å². The van der Waals surface area contributed by atoms with Crippen LogP contribution < -0.4 is 5.32 Å². The molecule has 1 saturated heterocycles. The molecule has 0 aromatic heterocycles. The van der Waals surface area contributed by atoms with Crippen molar-refractivity contribution in [1.82, 2.24) is 4.90 Å². The van der Waals surface area contributed by atoms with Gasteiger partial charge in [-0.25, -0.2) is 0 Å². The smallest absolute Gasteiger partial charge is 0.224 e. The summed E-state index contributed by atoms with van der Waals surface area (Å²) < 4.78 is 0. The molecular weight excluding hydrogens is 262 g/mol. The van der Waals surface area contributed by atoms with Crippen molar-refractivity contribution < 1.29 is 4.79 Å². The highest BCUT2D eigenvalue weighted by Gasteiger charge is 2.25. The summed E-state index contributed by atoms with van der Waals surface area (Å²) in [6.45, 7) is 6.69. The standard InChI is InChI=1S/C17H23N3O/c1-13-10-14(2)20(12-13)9-3-4-17(21)19-16-7-5-15(11-18)6-8-16/h5-8,13-14H,3-4,9-10,12H2,1-2H3,(H,19,21). The highest BCUT2D eigenvalue weighted by molar-refractivity contribution is 5.90. The largest absolute Gasteiger partial charge is 0.326 e. The molecule has 2 unspecified atom stereocenters. The number of benzene rings is 1. The molecule has 2 atom stereocenters. The van der Waals surface area contributed by atoms with Gasteiger partial charge in [0.1, 0.15) is 0 Å². The molecule has 2 rings (SSSR count). The Morgan fingerprint density at radius 1 is 1.38 bits per heavy atom. The van der Waals surface area contributed by atoms with Gasteiger partial charge in [0.2, 0.25) is 5.91 Å². The molecule has 1 N–H and O–H groups in total. The fourth-order valence-electron chi connectivity index (χ4n) is 2.99. The number of nitrogens with zero attached hydrogens (tertiary/aromatic N) is 2. The molecule has 4 heteroatoms. The topological polar surface area (TPSA) is 56.1 Å². The molecule has 0 spiro atoms. The van der Waals surface area contributed by atoms with Gasteiger partial charge >= 0.3 is 0 Å². The molecule has 1 heterocycles. The zero-order chi connectivity index (χ0) is 15.2. The van der Waals surface area contributed by atoms with Gasteiger partial charge in [0.05, 0.1) is 11.6 Å². The third-order valence-electron chi connectivity index (χ3n) is 4.06. The number of amides is 1. The number of nitrogens with one attached hydrogen (secondary N) is 1. The van der Waals surface area contributed by atoms with E-state index in [1.807, 2.05) is 0 Å². The van der Waals surface area contributed by atoms with E-state index in [-0.39, 0.29) is 5.91 Å². The van der Waals surface area contributed by atoms with Crippen molar-refractivity contribution in [1.29, 1.82) is 5.26 Å². The van der Waals surface area contributed by atoms with Crippen LogP contribution in [0.25, 0.3) is 0 Å². The summed E-state index contributed by atoms with van der Waals surface area (Å²) in [5.41, 5.74) is 1.35. The van der Waals surface area contributed by atoms with Gasteiger partial charge in [0.25, 0.3) is 0 Å². The lowest BCUT2D eigenvalue weighted by Gasteiger charge is -2.20. The fraction of sp³-hybridized carbons (Fsp3) is 0.529. The maximum Gasteiger partial charge on any atom is 0.224 e. The van der Waals surface area contributed by atoms with Gasteiger partial charge in [0.15, 0.2) is 0 Å². The normalized spacial score (nSPS) is 22.0. The van der Waals surface area contributed by atoms with Crippen molar-refractivity contribution in [2.75, 3.05) is 18.4 Å². The first kappa shape index (κ1) is 15.5. The van der Waals surface area contributed by atoms with Crippen molar-refractivity contribution >= 4 is 11.6 Å². The van der Waals surface area contributed by atoms with Crippen molar-refractivity contribution in [3.63, 3.8) is 0 Å². The number of carbonyl (C=O) groups excluding carboxylic acids is 1. The molecule has 0 radical (unpaired) electrons. The van der Waals surface area contributed by atoms with E-state index in [9.17, 15) is 4.79 Å². The lowest BCUT2D eigenvalue weighted by Crippen LogP contribution is -2.28. The van der Waals surface area contributed by atoms with Gasteiger partial charge in [-0.15, -0.1) is 0 Å². The van der Waals surface area contributed by atoms with Crippen LogP contribution in [-0.2, 0) is 4.79 Å². The summed E-state index contributed by atoms with van der Waals surface area (Å²) in [4.78, 5) is 14.4. The first-order valence-corrected chi connectivity index (χ1v) is 7.62. The third kappa shape index (κ3) is 4.57. The Morgan fingerprint density at radius 2 is 2.10 bits per heavy atom. The van der Waals surface area contributed by atoms with Gasteiger partial charge in [-0.2, -0.15) is 5.26 Å². The summed E-state index contributed by atoms with van der Waals surface area (Å²) in [6, 6.07) is 9.65. The number of anilines is 1. The number of hydrogen-bond donors (Lipinski definition) is 1. The van der Waals surface area contributed by atoms with Crippen LogP contribution in [0.15, 0.2) is 24.3 Å². The summed E-state index contributed by atoms with van der Waals surface area (Å²) in [7, 11) is 0. The van der Waals surface area contributed by atoms with E-state index in [0.29, 0.717) is 18.0 Å². The fourth-order valence-corrected chi connectivity index (χ4v) is 2.99. The Hall–Kier alpha value is -1.86. The van der Waals surface area contributed by atoms with Gasteiger partial charge < -0.3 is 10.2 Å². The van der Waals surface area contributed by atoms with Crippen LogP contribution in [0.1, 0.15) is 38.7 Å². The quantitative estimate of drug-likeness (QED) is 0.904. The van der Waals surface area contributed by atoms with E-state index in [1.54, 1.807) is 24.3 Å². The zero-order valence-corrected chi connectivity index (χ0v) is 12.8. The lowest BCUT2D eigenvalue weighted by molar-refractivity contribution is -0.116. The van der Waals surface area contributed by atoms with Crippen LogP contribution in [-0.4, -0.2) is 29.9 Å². The van der Waals surface area contributed by atoms with Gasteiger partial charge in [-0.05, 0) is 56.5 Å². The van der Waals surface area contributed by atoms with Crippen LogP contribution in [0.2, 0.25) is 0 Å². The lowest BCUT2D eigenvalue weighted by atomic mass is 10.1.